The molecule has 0 aliphatic carbocycles. The van der Waals surface area contributed by atoms with Crippen molar-refractivity contribution in [1.29, 1.82) is 0 Å². The van der Waals surface area contributed by atoms with E-state index in [9.17, 15) is 0 Å². The summed E-state index contributed by atoms with van der Waals surface area (Å²) in [6.45, 7) is 13.0. The molecule has 1 aliphatic rings. The summed E-state index contributed by atoms with van der Waals surface area (Å²) in [4.78, 5) is 6.65. The fourth-order valence-electron chi connectivity index (χ4n) is 5.71. The number of hydrazone groups is 1. The number of aromatic nitrogens is 2. The van der Waals surface area contributed by atoms with Gasteiger partial charge in [-0.15, -0.1) is 53.8 Å². The van der Waals surface area contributed by atoms with Crippen LogP contribution in [0.15, 0.2) is 133 Å². The van der Waals surface area contributed by atoms with Gasteiger partial charge in [0, 0.05) is 43.7 Å². The Kier molecular flexibility index (Phi) is 11.4. The Hall–Kier alpha value is -4.77. The van der Waals surface area contributed by atoms with Crippen molar-refractivity contribution < 1.29 is 20.1 Å². The number of aryl methyl sites for hydroxylation is 1. The van der Waals surface area contributed by atoms with Crippen LogP contribution in [-0.2, 0) is 20.1 Å². The Morgan fingerprint density at radius 1 is 0.688 bits per heavy atom. The van der Waals surface area contributed by atoms with Gasteiger partial charge >= 0.3 is 0 Å². The molecular weight excluding hydrogens is 767 g/mol. The zero-order chi connectivity index (χ0) is 32.8. The predicted molar refractivity (Wildman–Crippen MR) is 194 cm³/mol. The number of amidine groups is 1. The molecule has 7 rings (SSSR count). The Labute approximate surface area is 299 Å². The molecular formula is C42H39IrN5-4. The van der Waals surface area contributed by atoms with Gasteiger partial charge in [0.2, 0.25) is 0 Å². The van der Waals surface area contributed by atoms with E-state index in [0.717, 1.165) is 39.7 Å². The van der Waals surface area contributed by atoms with E-state index >= 15 is 0 Å². The monoisotopic (exact) mass is 806 g/mol. The summed E-state index contributed by atoms with van der Waals surface area (Å²) in [6.07, 6.45) is 3.93. The normalized spacial score (nSPS) is 12.4. The van der Waals surface area contributed by atoms with Crippen LogP contribution < -0.4 is 9.91 Å². The third-order valence-electron chi connectivity index (χ3n) is 8.08. The van der Waals surface area contributed by atoms with Crippen LogP contribution in [0.2, 0.25) is 0 Å². The second-order valence-corrected chi connectivity index (χ2v) is 12.1. The standard InChI is InChI=1S/C21H16N3.C21H23N2.Ir/c1-17-10-8-9-15-20(17)24-16-23(19-13-6-3-7-14-19)21(22-24)18-11-4-2-5-12-18;1-15(2)18-11-8-12-19(16(3)4)20(18)23-14-13-22-21(23)17-9-6-5-7-10-17;/h2-13,16H,1H3;5-9,11-16H,1-4H3;/q-3;-1;. The molecule has 0 spiro atoms. The smallest absolute Gasteiger partial charge is 0.128 e. The number of imidazole rings is 1. The number of hydrogen-bond donors (Lipinski definition) is 0. The molecule has 0 unspecified atom stereocenters. The number of para-hydroxylation sites is 3. The summed E-state index contributed by atoms with van der Waals surface area (Å²) in [5, 5.41) is 6.69. The molecule has 5 aromatic carbocycles. The van der Waals surface area contributed by atoms with Gasteiger partial charge in [-0.2, -0.15) is 59.7 Å². The molecule has 6 aromatic rings. The number of hydrogen-bond acceptors (Lipinski definition) is 4. The van der Waals surface area contributed by atoms with Crippen molar-refractivity contribution in [3.63, 3.8) is 0 Å². The first-order valence-electron chi connectivity index (χ1n) is 16.1. The summed E-state index contributed by atoms with van der Waals surface area (Å²) >= 11 is 0. The first kappa shape index (κ1) is 34.6. The van der Waals surface area contributed by atoms with Crippen LogP contribution in [0.3, 0.4) is 0 Å². The van der Waals surface area contributed by atoms with Gasteiger partial charge in [0.05, 0.1) is 5.82 Å². The molecule has 245 valence electrons. The van der Waals surface area contributed by atoms with Crippen molar-refractivity contribution in [3.05, 3.63) is 175 Å². The van der Waals surface area contributed by atoms with Crippen molar-refractivity contribution in [2.75, 3.05) is 9.91 Å². The maximum Gasteiger partial charge on any atom is 0.128 e. The third-order valence-corrected chi connectivity index (χ3v) is 8.08. The van der Waals surface area contributed by atoms with Crippen molar-refractivity contribution >= 4 is 17.2 Å². The van der Waals surface area contributed by atoms with Crippen LogP contribution in [0.25, 0.3) is 17.1 Å². The van der Waals surface area contributed by atoms with Crippen LogP contribution in [0.4, 0.5) is 11.4 Å². The molecule has 48 heavy (non-hydrogen) atoms. The fraction of sp³-hybridized carbons (Fsp3) is 0.167. The molecule has 0 atom stereocenters. The molecule has 1 radical (unpaired) electrons. The predicted octanol–water partition coefficient (Wildman–Crippen LogP) is 9.99. The van der Waals surface area contributed by atoms with Gasteiger partial charge in [-0.1, -0.05) is 88.8 Å². The molecule has 2 heterocycles. The minimum absolute atomic E-state index is 0. The van der Waals surface area contributed by atoms with E-state index in [1.807, 2.05) is 90.7 Å². The molecule has 5 nitrogen and oxygen atoms in total. The molecule has 0 bridgehead atoms. The molecule has 1 aromatic heterocycles. The van der Waals surface area contributed by atoms with Crippen LogP contribution in [0, 0.1) is 31.8 Å². The molecule has 0 saturated carbocycles. The molecule has 1 aliphatic heterocycles. The number of benzene rings is 5. The van der Waals surface area contributed by atoms with Crippen LogP contribution in [0.1, 0.15) is 61.8 Å². The summed E-state index contributed by atoms with van der Waals surface area (Å²) < 4.78 is 2.22. The Morgan fingerprint density at radius 2 is 1.35 bits per heavy atom. The molecule has 6 heteroatoms. The van der Waals surface area contributed by atoms with Gasteiger partial charge in [0.1, 0.15) is 5.84 Å². The molecule has 0 fully saturated rings. The maximum absolute atomic E-state index is 4.82. The first-order chi connectivity index (χ1) is 22.9. The maximum atomic E-state index is 4.82. The van der Waals surface area contributed by atoms with Gasteiger partial charge in [-0.05, 0) is 23.0 Å². The van der Waals surface area contributed by atoms with E-state index in [1.54, 1.807) is 0 Å². The number of rotatable bonds is 7. The van der Waals surface area contributed by atoms with Gasteiger partial charge < -0.3 is 14.5 Å². The van der Waals surface area contributed by atoms with E-state index in [1.165, 1.54) is 16.8 Å². The molecule has 0 saturated heterocycles. The van der Waals surface area contributed by atoms with Gasteiger partial charge in [-0.25, -0.2) is 0 Å². The van der Waals surface area contributed by atoms with E-state index in [0.29, 0.717) is 11.8 Å². The SMILES string of the molecule is CC(C)c1cccc(C(C)C)c1-n1ccnc1-c1[c-]cccc1.Cc1ccc[c-]c1N1[CH-]N(c2[c-]cccc2)C(c2ccccc2)=N1.[Ir]. The fourth-order valence-corrected chi connectivity index (χ4v) is 5.71. The van der Waals surface area contributed by atoms with Crippen molar-refractivity contribution in [2.24, 2.45) is 5.10 Å². The third kappa shape index (κ3) is 7.51. The average molecular weight is 806 g/mol. The number of nitrogens with zero attached hydrogens (tertiary/aromatic N) is 5. The minimum atomic E-state index is 0. The second-order valence-electron chi connectivity index (χ2n) is 12.1. The summed E-state index contributed by atoms with van der Waals surface area (Å²) in [6, 6.07) is 48.5. The van der Waals surface area contributed by atoms with Crippen LogP contribution in [-0.4, -0.2) is 15.4 Å². The van der Waals surface area contributed by atoms with Gasteiger partial charge in [0.15, 0.2) is 0 Å². The second kappa shape index (κ2) is 15.9. The van der Waals surface area contributed by atoms with Crippen LogP contribution >= 0.6 is 0 Å². The summed E-state index contributed by atoms with van der Waals surface area (Å²) in [5.41, 5.74) is 9.08. The minimum Gasteiger partial charge on any atom is -0.476 e. The largest absolute Gasteiger partial charge is 0.476 e. The van der Waals surface area contributed by atoms with E-state index in [4.69, 9.17) is 5.10 Å². The summed E-state index contributed by atoms with van der Waals surface area (Å²) in [7, 11) is 0. The Bertz CT molecular complexity index is 1910. The number of anilines is 2. The van der Waals surface area contributed by atoms with Crippen LogP contribution in [0.5, 0.6) is 0 Å². The molecule has 0 N–H and O–H groups in total. The quantitative estimate of drug-likeness (QED) is 0.151. The van der Waals surface area contributed by atoms with Crippen molar-refractivity contribution in [1.82, 2.24) is 9.55 Å². The van der Waals surface area contributed by atoms with Crippen molar-refractivity contribution in [2.45, 2.75) is 46.5 Å². The topological polar surface area (TPSA) is 36.7 Å². The summed E-state index contributed by atoms with van der Waals surface area (Å²) in [5.74, 6) is 2.73. The van der Waals surface area contributed by atoms with Crippen molar-refractivity contribution in [3.8, 4) is 17.1 Å². The zero-order valence-corrected chi connectivity index (χ0v) is 30.3. The van der Waals surface area contributed by atoms with Gasteiger partial charge in [0.25, 0.3) is 0 Å². The van der Waals surface area contributed by atoms with E-state index in [2.05, 4.69) is 116 Å². The Morgan fingerprint density at radius 3 is 1.98 bits per heavy atom. The van der Waals surface area contributed by atoms with E-state index in [-0.39, 0.29) is 20.1 Å². The first-order valence-corrected chi connectivity index (χ1v) is 16.1. The Balaban J connectivity index is 0.000000184. The molecule has 0 amide bonds. The van der Waals surface area contributed by atoms with E-state index < -0.39 is 0 Å². The zero-order valence-electron chi connectivity index (χ0n) is 27.9. The van der Waals surface area contributed by atoms with Gasteiger partial charge in [-0.3, -0.25) is 4.98 Å². The average Bonchev–Trinajstić information content (AvgIpc) is 3.78.